The molecule has 0 bridgehead atoms. The first-order valence-corrected chi connectivity index (χ1v) is 7.30. The number of halogens is 1. The summed E-state index contributed by atoms with van der Waals surface area (Å²) in [5.74, 6) is 1.19. The second-order valence-corrected chi connectivity index (χ2v) is 6.10. The monoisotopic (exact) mass is 278 g/mol. The Bertz CT molecular complexity index is 491. The average Bonchev–Trinajstić information content (AvgIpc) is 3.15. The molecule has 3 rings (SSSR count). The normalized spacial score (nSPS) is 30.2. The third-order valence-corrected chi connectivity index (χ3v) is 4.40. The van der Waals surface area contributed by atoms with Crippen LogP contribution in [0.4, 0.5) is 0 Å². The first-order valence-electron chi connectivity index (χ1n) is 6.93. The van der Waals surface area contributed by atoms with Gasteiger partial charge in [-0.2, -0.15) is 0 Å². The van der Waals surface area contributed by atoms with Crippen LogP contribution in [-0.4, -0.2) is 30.4 Å². The van der Waals surface area contributed by atoms with Gasteiger partial charge in [-0.3, -0.25) is 4.79 Å². The second kappa shape index (κ2) is 5.14. The molecule has 3 unspecified atom stereocenters. The minimum atomic E-state index is 0.199. The topological polar surface area (TPSA) is 32.3 Å². The van der Waals surface area contributed by atoms with E-state index in [1.165, 1.54) is 0 Å². The Kier molecular flexibility index (Phi) is 3.50. The Hall–Kier alpha value is -1.06. The van der Waals surface area contributed by atoms with E-state index in [0.29, 0.717) is 11.8 Å². The Morgan fingerprint density at radius 3 is 2.95 bits per heavy atom. The number of amides is 1. The van der Waals surface area contributed by atoms with Crippen LogP contribution in [0.15, 0.2) is 24.3 Å². The van der Waals surface area contributed by atoms with E-state index >= 15 is 0 Å². The minimum absolute atomic E-state index is 0.199. The lowest BCUT2D eigenvalue weighted by molar-refractivity contribution is -0.134. The molecule has 3 atom stereocenters. The van der Waals surface area contributed by atoms with E-state index in [9.17, 15) is 4.79 Å². The molecule has 0 aromatic heterocycles. The van der Waals surface area contributed by atoms with Gasteiger partial charge in [0.25, 0.3) is 0 Å². The van der Waals surface area contributed by atoms with Gasteiger partial charge in [-0.1, -0.05) is 30.7 Å². The average molecular weight is 279 g/mol. The number of carbonyl (C=O) groups is 1. The molecule has 19 heavy (non-hydrogen) atoms. The lowest BCUT2D eigenvalue weighted by Gasteiger charge is -2.34. The van der Waals surface area contributed by atoms with E-state index < -0.39 is 0 Å². The molecule has 102 valence electrons. The molecular weight excluding hydrogens is 260 g/mol. The van der Waals surface area contributed by atoms with E-state index in [1.54, 1.807) is 0 Å². The van der Waals surface area contributed by atoms with Gasteiger partial charge < -0.3 is 10.2 Å². The maximum Gasteiger partial charge on any atom is 0.226 e. The number of rotatable bonds is 2. The van der Waals surface area contributed by atoms with Crippen LogP contribution >= 0.6 is 11.6 Å². The molecular formula is C15H19ClN2O. The Balaban J connectivity index is 1.69. The lowest BCUT2D eigenvalue weighted by atomic mass is 10.0. The molecule has 1 amide bonds. The first-order chi connectivity index (χ1) is 9.15. The number of nitrogens with zero attached hydrogens (tertiary/aromatic N) is 1. The third kappa shape index (κ3) is 2.77. The fraction of sp³-hybridized carbons (Fsp3) is 0.533. The van der Waals surface area contributed by atoms with Crippen molar-refractivity contribution in [2.75, 3.05) is 19.6 Å². The zero-order valence-electron chi connectivity index (χ0n) is 11.1. The summed E-state index contributed by atoms with van der Waals surface area (Å²) in [5, 5.41) is 4.21. The molecule has 0 radical (unpaired) electrons. The molecule has 1 saturated carbocycles. The molecule has 1 aliphatic carbocycles. The summed E-state index contributed by atoms with van der Waals surface area (Å²) in [4.78, 5) is 14.3. The molecule has 1 heterocycles. The van der Waals surface area contributed by atoms with Crippen molar-refractivity contribution in [3.63, 3.8) is 0 Å². The van der Waals surface area contributed by atoms with Crippen molar-refractivity contribution in [2.24, 2.45) is 11.8 Å². The van der Waals surface area contributed by atoms with Crippen molar-refractivity contribution in [2.45, 2.75) is 19.4 Å². The van der Waals surface area contributed by atoms with E-state index in [4.69, 9.17) is 11.6 Å². The highest BCUT2D eigenvalue weighted by atomic mass is 35.5. The van der Waals surface area contributed by atoms with Gasteiger partial charge in [0.15, 0.2) is 0 Å². The van der Waals surface area contributed by atoms with Gasteiger partial charge in [0.1, 0.15) is 0 Å². The maximum absolute atomic E-state index is 12.3. The number of benzene rings is 1. The molecule has 1 saturated heterocycles. The summed E-state index contributed by atoms with van der Waals surface area (Å²) in [6.45, 7) is 4.57. The van der Waals surface area contributed by atoms with Crippen molar-refractivity contribution in [3.8, 4) is 0 Å². The highest BCUT2D eigenvalue weighted by Gasteiger charge is 2.42. The summed E-state index contributed by atoms with van der Waals surface area (Å²) in [6, 6.07) is 8.08. The van der Waals surface area contributed by atoms with Gasteiger partial charge in [0.2, 0.25) is 5.91 Å². The van der Waals surface area contributed by atoms with Gasteiger partial charge in [-0.05, 0) is 30.0 Å². The summed E-state index contributed by atoms with van der Waals surface area (Å²) >= 11 is 6.03. The fourth-order valence-corrected chi connectivity index (χ4v) is 3.00. The summed E-state index contributed by atoms with van der Waals surface area (Å²) in [5.41, 5.74) is 1.16. The lowest BCUT2D eigenvalue weighted by Crippen LogP contribution is -2.48. The summed E-state index contributed by atoms with van der Waals surface area (Å²) in [6.07, 6.45) is 1.06. The molecule has 2 aliphatic rings. The van der Waals surface area contributed by atoms with Crippen LogP contribution in [-0.2, 0) is 4.79 Å². The Morgan fingerprint density at radius 1 is 1.47 bits per heavy atom. The zero-order chi connectivity index (χ0) is 13.4. The van der Waals surface area contributed by atoms with Crippen molar-refractivity contribution in [1.29, 1.82) is 0 Å². The van der Waals surface area contributed by atoms with Crippen LogP contribution in [0.5, 0.6) is 0 Å². The molecule has 1 aromatic carbocycles. The molecule has 1 aromatic rings. The number of hydrogen-bond acceptors (Lipinski definition) is 2. The highest BCUT2D eigenvalue weighted by Crippen LogP contribution is 2.39. The van der Waals surface area contributed by atoms with Gasteiger partial charge in [0, 0.05) is 36.6 Å². The zero-order valence-corrected chi connectivity index (χ0v) is 11.9. The van der Waals surface area contributed by atoms with Gasteiger partial charge in [0.05, 0.1) is 0 Å². The van der Waals surface area contributed by atoms with Crippen molar-refractivity contribution >= 4 is 17.5 Å². The predicted molar refractivity (Wildman–Crippen MR) is 76.0 cm³/mol. The largest absolute Gasteiger partial charge is 0.339 e. The van der Waals surface area contributed by atoms with Gasteiger partial charge in [-0.15, -0.1) is 0 Å². The maximum atomic E-state index is 12.3. The van der Waals surface area contributed by atoms with Gasteiger partial charge >= 0.3 is 0 Å². The van der Waals surface area contributed by atoms with Crippen LogP contribution in [0, 0.1) is 11.8 Å². The predicted octanol–water partition coefficient (Wildman–Crippen LogP) is 2.47. The van der Waals surface area contributed by atoms with Crippen LogP contribution in [0.2, 0.25) is 5.02 Å². The van der Waals surface area contributed by atoms with Crippen molar-refractivity contribution < 1.29 is 4.79 Å². The SMILES string of the molecule is CC1CC1C(=O)N1CCNC(c2cccc(Cl)c2)C1. The second-order valence-electron chi connectivity index (χ2n) is 5.67. The van der Waals surface area contributed by atoms with Crippen LogP contribution < -0.4 is 5.32 Å². The molecule has 1 N–H and O–H groups in total. The number of nitrogens with one attached hydrogen (secondary N) is 1. The molecule has 1 aliphatic heterocycles. The number of piperazine rings is 1. The quantitative estimate of drug-likeness (QED) is 0.901. The smallest absolute Gasteiger partial charge is 0.226 e. The van der Waals surface area contributed by atoms with Crippen molar-refractivity contribution in [3.05, 3.63) is 34.9 Å². The van der Waals surface area contributed by atoms with Crippen LogP contribution in [0.25, 0.3) is 0 Å². The Labute approximate surface area is 118 Å². The molecule has 0 spiro atoms. The van der Waals surface area contributed by atoms with Crippen LogP contribution in [0.1, 0.15) is 24.9 Å². The van der Waals surface area contributed by atoms with Crippen LogP contribution in [0.3, 0.4) is 0 Å². The summed E-state index contributed by atoms with van der Waals surface area (Å²) in [7, 11) is 0. The van der Waals surface area contributed by atoms with Gasteiger partial charge in [-0.25, -0.2) is 0 Å². The number of carbonyl (C=O) groups excluding carboxylic acids is 1. The van der Waals surface area contributed by atoms with E-state index in [1.807, 2.05) is 23.1 Å². The molecule has 3 nitrogen and oxygen atoms in total. The highest BCUT2D eigenvalue weighted by molar-refractivity contribution is 6.30. The van der Waals surface area contributed by atoms with E-state index in [-0.39, 0.29) is 12.0 Å². The number of hydrogen-bond donors (Lipinski definition) is 1. The minimum Gasteiger partial charge on any atom is -0.339 e. The van der Waals surface area contributed by atoms with Crippen molar-refractivity contribution in [1.82, 2.24) is 10.2 Å². The third-order valence-electron chi connectivity index (χ3n) is 4.16. The summed E-state index contributed by atoms with van der Waals surface area (Å²) < 4.78 is 0. The van der Waals surface area contributed by atoms with E-state index in [0.717, 1.165) is 36.6 Å². The molecule has 4 heteroatoms. The Morgan fingerprint density at radius 2 is 2.26 bits per heavy atom. The first kappa shape index (κ1) is 12.9. The molecule has 2 fully saturated rings. The fourth-order valence-electron chi connectivity index (χ4n) is 2.80. The van der Waals surface area contributed by atoms with E-state index in [2.05, 4.69) is 18.3 Å². The standard InChI is InChI=1S/C15H19ClN2O/c1-10-7-13(10)15(19)18-6-5-17-14(9-18)11-3-2-4-12(16)8-11/h2-4,8,10,13-14,17H,5-7,9H2,1H3.